The number of nitrogens with zero attached hydrogens (tertiary/aromatic N) is 1. The third kappa shape index (κ3) is 5.41. The topological polar surface area (TPSA) is 52.6 Å². The number of para-hydroxylation sites is 1. The van der Waals surface area contributed by atoms with Gasteiger partial charge in [0.15, 0.2) is 0 Å². The van der Waals surface area contributed by atoms with Crippen LogP contribution in [-0.4, -0.2) is 34.6 Å². The second-order valence-corrected chi connectivity index (χ2v) is 5.21. The highest BCUT2D eigenvalue weighted by atomic mass is 16.3. The maximum atomic E-state index is 11.2. The summed E-state index contributed by atoms with van der Waals surface area (Å²) in [6.45, 7) is 8.82. The number of carbonyl (C=O) groups excluding carboxylic acids is 1. The van der Waals surface area contributed by atoms with Gasteiger partial charge in [-0.25, -0.2) is 0 Å². The molecule has 1 rings (SSSR count). The van der Waals surface area contributed by atoms with E-state index in [4.69, 9.17) is 0 Å². The monoisotopic (exact) mass is 264 g/mol. The van der Waals surface area contributed by atoms with E-state index in [-0.39, 0.29) is 12.0 Å². The fourth-order valence-electron chi connectivity index (χ4n) is 1.99. The molecule has 0 radical (unpaired) electrons. The van der Waals surface area contributed by atoms with E-state index in [0.29, 0.717) is 19.1 Å². The highest BCUT2D eigenvalue weighted by Crippen LogP contribution is 2.18. The van der Waals surface area contributed by atoms with Gasteiger partial charge in [-0.2, -0.15) is 0 Å². The molecule has 0 aliphatic carbocycles. The zero-order valence-corrected chi connectivity index (χ0v) is 12.2. The quantitative estimate of drug-likeness (QED) is 0.828. The number of rotatable bonds is 6. The highest BCUT2D eigenvalue weighted by Gasteiger charge is 2.14. The Bertz CT molecular complexity index is 416. The molecule has 1 aromatic rings. The predicted octanol–water partition coefficient (Wildman–Crippen LogP) is 2.24. The molecule has 1 aromatic carbocycles. The number of hydrogen-bond acceptors (Lipinski definition) is 3. The van der Waals surface area contributed by atoms with E-state index >= 15 is 0 Å². The van der Waals surface area contributed by atoms with Gasteiger partial charge in [-0.3, -0.25) is 9.69 Å². The van der Waals surface area contributed by atoms with Crippen molar-refractivity contribution < 1.29 is 9.90 Å². The second kappa shape index (κ2) is 7.26. The fourth-order valence-corrected chi connectivity index (χ4v) is 1.99. The number of carbonyl (C=O) groups is 1. The maximum Gasteiger partial charge on any atom is 0.221 e. The first-order valence-electron chi connectivity index (χ1n) is 6.67. The summed E-state index contributed by atoms with van der Waals surface area (Å²) in [5.41, 5.74) is 1.90. The zero-order valence-electron chi connectivity index (χ0n) is 12.2. The van der Waals surface area contributed by atoms with Crippen molar-refractivity contribution >= 4 is 11.6 Å². The molecule has 1 unspecified atom stereocenters. The van der Waals surface area contributed by atoms with Crippen molar-refractivity contribution in [1.29, 1.82) is 0 Å². The molecule has 4 nitrogen and oxygen atoms in total. The first-order chi connectivity index (χ1) is 8.90. The van der Waals surface area contributed by atoms with Gasteiger partial charge in [-0.05, 0) is 32.4 Å². The van der Waals surface area contributed by atoms with Crippen molar-refractivity contribution in [3.63, 3.8) is 0 Å². The van der Waals surface area contributed by atoms with Crippen LogP contribution in [0.15, 0.2) is 24.3 Å². The molecule has 0 fully saturated rings. The summed E-state index contributed by atoms with van der Waals surface area (Å²) < 4.78 is 0. The Balaban J connectivity index is 2.86. The van der Waals surface area contributed by atoms with Crippen LogP contribution < -0.4 is 5.32 Å². The first-order valence-corrected chi connectivity index (χ1v) is 6.67. The van der Waals surface area contributed by atoms with Gasteiger partial charge in [0.25, 0.3) is 0 Å². The molecule has 0 aliphatic heterocycles. The fraction of sp³-hybridized carbons (Fsp3) is 0.533. The van der Waals surface area contributed by atoms with Gasteiger partial charge in [-0.1, -0.05) is 18.2 Å². The van der Waals surface area contributed by atoms with Gasteiger partial charge >= 0.3 is 0 Å². The summed E-state index contributed by atoms with van der Waals surface area (Å²) in [4.78, 5) is 13.4. The van der Waals surface area contributed by atoms with Crippen molar-refractivity contribution in [2.75, 3.05) is 11.9 Å². The van der Waals surface area contributed by atoms with E-state index in [0.717, 1.165) is 11.3 Å². The van der Waals surface area contributed by atoms with E-state index in [9.17, 15) is 9.90 Å². The van der Waals surface area contributed by atoms with Crippen LogP contribution in [0.2, 0.25) is 0 Å². The van der Waals surface area contributed by atoms with Gasteiger partial charge in [0.2, 0.25) is 5.91 Å². The molecule has 0 bridgehead atoms. The summed E-state index contributed by atoms with van der Waals surface area (Å²) in [6.07, 6.45) is -0.365. The van der Waals surface area contributed by atoms with Crippen molar-refractivity contribution in [2.45, 2.75) is 46.4 Å². The van der Waals surface area contributed by atoms with Crippen molar-refractivity contribution in [2.24, 2.45) is 0 Å². The van der Waals surface area contributed by atoms with Crippen molar-refractivity contribution in [3.05, 3.63) is 29.8 Å². The van der Waals surface area contributed by atoms with Crippen LogP contribution in [0, 0.1) is 0 Å². The molecule has 19 heavy (non-hydrogen) atoms. The molecule has 2 N–H and O–H groups in total. The van der Waals surface area contributed by atoms with E-state index < -0.39 is 0 Å². The van der Waals surface area contributed by atoms with Gasteiger partial charge in [0.1, 0.15) is 0 Å². The van der Waals surface area contributed by atoms with Crippen LogP contribution in [-0.2, 0) is 11.3 Å². The van der Waals surface area contributed by atoms with E-state index in [1.54, 1.807) is 6.92 Å². The lowest BCUT2D eigenvalue weighted by molar-refractivity contribution is -0.114. The Morgan fingerprint density at radius 2 is 1.95 bits per heavy atom. The van der Waals surface area contributed by atoms with E-state index in [1.807, 2.05) is 24.3 Å². The van der Waals surface area contributed by atoms with Crippen LogP contribution in [0.25, 0.3) is 0 Å². The predicted molar refractivity (Wildman–Crippen MR) is 78.0 cm³/mol. The molecule has 1 atom stereocenters. The Labute approximate surface area is 115 Å². The average molecular weight is 264 g/mol. The summed E-state index contributed by atoms with van der Waals surface area (Å²) >= 11 is 0. The minimum atomic E-state index is -0.365. The lowest BCUT2D eigenvalue weighted by Crippen LogP contribution is -2.36. The molecule has 0 aliphatic rings. The molecule has 1 amide bonds. The van der Waals surface area contributed by atoms with Crippen LogP contribution in [0.4, 0.5) is 5.69 Å². The standard InChI is InChI=1S/C15H24N2O2/c1-11(2)17(9-12(3)18)10-14-7-5-6-8-15(14)16-13(4)19/h5-8,11-12,18H,9-10H2,1-4H3,(H,16,19). The van der Waals surface area contributed by atoms with Crippen molar-refractivity contribution in [1.82, 2.24) is 4.90 Å². The molecule has 0 heterocycles. The normalized spacial score (nSPS) is 12.8. The molecule has 0 saturated heterocycles. The van der Waals surface area contributed by atoms with Gasteiger partial charge in [0.05, 0.1) is 6.10 Å². The van der Waals surface area contributed by atoms with Gasteiger partial charge in [-0.15, -0.1) is 0 Å². The molecule has 106 valence electrons. The third-order valence-corrected chi connectivity index (χ3v) is 2.93. The van der Waals surface area contributed by atoms with Crippen LogP contribution in [0.1, 0.15) is 33.3 Å². The van der Waals surface area contributed by atoms with E-state index in [2.05, 4.69) is 24.1 Å². The summed E-state index contributed by atoms with van der Waals surface area (Å²) in [6, 6.07) is 8.10. The zero-order chi connectivity index (χ0) is 14.4. The van der Waals surface area contributed by atoms with Crippen LogP contribution >= 0.6 is 0 Å². The summed E-state index contributed by atoms with van der Waals surface area (Å²) in [5.74, 6) is -0.0703. The lowest BCUT2D eigenvalue weighted by Gasteiger charge is -2.28. The maximum absolute atomic E-state index is 11.2. The number of amides is 1. The SMILES string of the molecule is CC(=O)Nc1ccccc1CN(CC(C)O)C(C)C. The minimum absolute atomic E-state index is 0.0703. The third-order valence-electron chi connectivity index (χ3n) is 2.93. The molecular weight excluding hydrogens is 240 g/mol. The molecule has 4 heteroatoms. The Kier molecular flexibility index (Phi) is 5.99. The number of nitrogens with one attached hydrogen (secondary N) is 1. The van der Waals surface area contributed by atoms with Crippen LogP contribution in [0.3, 0.4) is 0 Å². The lowest BCUT2D eigenvalue weighted by atomic mass is 10.1. The van der Waals surface area contributed by atoms with Crippen LogP contribution in [0.5, 0.6) is 0 Å². The minimum Gasteiger partial charge on any atom is -0.392 e. The average Bonchev–Trinajstić information content (AvgIpc) is 2.29. The highest BCUT2D eigenvalue weighted by molar-refractivity contribution is 5.89. The largest absolute Gasteiger partial charge is 0.392 e. The smallest absolute Gasteiger partial charge is 0.221 e. The Morgan fingerprint density at radius 3 is 2.47 bits per heavy atom. The Morgan fingerprint density at radius 1 is 1.32 bits per heavy atom. The van der Waals surface area contributed by atoms with E-state index in [1.165, 1.54) is 6.92 Å². The van der Waals surface area contributed by atoms with Gasteiger partial charge < -0.3 is 10.4 Å². The van der Waals surface area contributed by atoms with Crippen molar-refractivity contribution in [3.8, 4) is 0 Å². The summed E-state index contributed by atoms with van der Waals surface area (Å²) in [5, 5.41) is 12.4. The number of benzene rings is 1. The molecule has 0 saturated carbocycles. The van der Waals surface area contributed by atoms with Gasteiger partial charge in [0, 0.05) is 31.7 Å². The summed E-state index contributed by atoms with van der Waals surface area (Å²) in [7, 11) is 0. The molecular formula is C15H24N2O2. The number of anilines is 1. The molecule has 0 spiro atoms. The number of aliphatic hydroxyl groups is 1. The first kappa shape index (κ1) is 15.7. The second-order valence-electron chi connectivity index (χ2n) is 5.21. The number of hydrogen-bond donors (Lipinski definition) is 2. The Hall–Kier alpha value is -1.39. The molecule has 0 aromatic heterocycles. The number of aliphatic hydroxyl groups excluding tert-OH is 1.